The summed E-state index contributed by atoms with van der Waals surface area (Å²) in [5.74, 6) is -3.25. The fraction of sp³-hybridized carbons (Fsp3) is 0.320. The summed E-state index contributed by atoms with van der Waals surface area (Å²) in [6.07, 6.45) is -4.50. The third-order valence-corrected chi connectivity index (χ3v) is 6.83. The van der Waals surface area contributed by atoms with E-state index in [1.807, 2.05) is 0 Å². The van der Waals surface area contributed by atoms with E-state index in [9.17, 15) is 22.8 Å². The van der Waals surface area contributed by atoms with Gasteiger partial charge in [-0.25, -0.2) is 9.37 Å². The Morgan fingerprint density at radius 2 is 1.81 bits per heavy atom. The number of hydrogen-bond donors (Lipinski definition) is 1. The summed E-state index contributed by atoms with van der Waals surface area (Å²) < 4.78 is 64.3. The van der Waals surface area contributed by atoms with Crippen LogP contribution in [0.3, 0.4) is 0 Å². The van der Waals surface area contributed by atoms with Crippen molar-refractivity contribution in [2.24, 2.45) is 5.92 Å². The van der Waals surface area contributed by atoms with Crippen LogP contribution in [0.2, 0.25) is 0 Å². The van der Waals surface area contributed by atoms with Crippen molar-refractivity contribution in [1.82, 2.24) is 9.88 Å². The number of halogens is 4. The normalized spacial score (nSPS) is 19.5. The number of methoxy groups -OCH3 is 1. The summed E-state index contributed by atoms with van der Waals surface area (Å²) >= 11 is 0. The number of esters is 1. The van der Waals surface area contributed by atoms with Crippen molar-refractivity contribution in [3.8, 4) is 0 Å². The number of aromatic nitrogens is 1. The molecule has 7 nitrogen and oxygen atoms in total. The highest BCUT2D eigenvalue weighted by Gasteiger charge is 2.42. The van der Waals surface area contributed by atoms with E-state index in [-0.39, 0.29) is 37.7 Å². The topological polar surface area (TPSA) is 94.8 Å². The smallest absolute Gasteiger partial charge is 0.416 e. The maximum Gasteiger partial charge on any atom is 0.416 e. The first-order valence-electron chi connectivity index (χ1n) is 11.1. The van der Waals surface area contributed by atoms with Crippen molar-refractivity contribution in [1.29, 1.82) is 0 Å². The average Bonchev–Trinajstić information content (AvgIpc) is 3.51. The lowest BCUT2D eigenvalue weighted by molar-refractivity contribution is -0.145. The Morgan fingerprint density at radius 1 is 1.11 bits per heavy atom. The third kappa shape index (κ3) is 4.02. The van der Waals surface area contributed by atoms with Crippen molar-refractivity contribution in [2.45, 2.75) is 25.3 Å². The van der Waals surface area contributed by atoms with Crippen LogP contribution in [0, 0.1) is 11.7 Å². The Hall–Kier alpha value is -3.73. The highest BCUT2D eigenvalue weighted by molar-refractivity contribution is 6.00. The van der Waals surface area contributed by atoms with E-state index in [0.717, 1.165) is 23.8 Å². The molecule has 2 N–H and O–H groups in total. The number of benzene rings is 2. The molecule has 5 rings (SSSR count). The maximum atomic E-state index is 15.0. The van der Waals surface area contributed by atoms with E-state index in [1.165, 1.54) is 30.2 Å². The average molecular weight is 503 g/mol. The molecule has 2 atom stereocenters. The minimum absolute atomic E-state index is 0.00263. The van der Waals surface area contributed by atoms with Crippen LogP contribution in [-0.2, 0) is 33.7 Å². The van der Waals surface area contributed by atoms with Gasteiger partial charge < -0.3 is 20.1 Å². The zero-order valence-electron chi connectivity index (χ0n) is 19.1. The Labute approximate surface area is 202 Å². The van der Waals surface area contributed by atoms with Crippen molar-refractivity contribution >= 4 is 28.6 Å². The highest BCUT2D eigenvalue weighted by atomic mass is 19.4. The maximum absolute atomic E-state index is 15.0. The van der Waals surface area contributed by atoms with Gasteiger partial charge in [-0.1, -0.05) is 12.1 Å². The van der Waals surface area contributed by atoms with Crippen LogP contribution >= 0.6 is 0 Å². The van der Waals surface area contributed by atoms with Crippen LogP contribution in [0.5, 0.6) is 0 Å². The first-order chi connectivity index (χ1) is 17.1. The summed E-state index contributed by atoms with van der Waals surface area (Å²) in [5.41, 5.74) is 7.09. The van der Waals surface area contributed by atoms with Gasteiger partial charge >= 0.3 is 12.1 Å². The van der Waals surface area contributed by atoms with E-state index >= 15 is 4.39 Å². The van der Waals surface area contributed by atoms with E-state index in [1.54, 1.807) is 0 Å². The number of nitrogens with zero attached hydrogens (tertiary/aromatic N) is 2. The van der Waals surface area contributed by atoms with Crippen LogP contribution in [0.15, 0.2) is 36.4 Å². The second kappa shape index (κ2) is 8.74. The molecule has 3 aromatic rings. The number of amides is 1. The van der Waals surface area contributed by atoms with Crippen molar-refractivity contribution in [2.75, 3.05) is 25.9 Å². The fourth-order valence-corrected chi connectivity index (χ4v) is 4.94. The standard InChI is InChI=1S/C25H21F4N3O4/c1-35-24(34)17-9-32(8-16(17)12-2-4-13(5-3-12)25(27,28)29)23(33)15-6-14-18-10-36-11-19(18)22(30)31-21(14)7-20(15)26/h2-7,16-17H,8-11H2,1H3,(H2,30,31)/t16-,17+/m0/s1. The molecule has 1 amide bonds. The minimum atomic E-state index is -4.50. The molecule has 0 bridgehead atoms. The summed E-state index contributed by atoms with van der Waals surface area (Å²) in [6, 6.07) is 6.97. The number of anilines is 1. The van der Waals surface area contributed by atoms with Gasteiger partial charge in [0, 0.05) is 36.0 Å². The van der Waals surface area contributed by atoms with Crippen molar-refractivity contribution in [3.63, 3.8) is 0 Å². The highest BCUT2D eigenvalue weighted by Crippen LogP contribution is 2.38. The monoisotopic (exact) mass is 503 g/mol. The Balaban J connectivity index is 1.48. The SMILES string of the molecule is COC(=O)[C@@H]1CN(C(=O)c2cc3c4c(c(N)nc3cc2F)COC4)C[C@H]1c1ccc(C(F)(F)F)cc1. The first kappa shape index (κ1) is 24.0. The zero-order chi connectivity index (χ0) is 25.8. The lowest BCUT2D eigenvalue weighted by atomic mass is 9.88. The van der Waals surface area contributed by atoms with Gasteiger partial charge in [0.25, 0.3) is 5.91 Å². The van der Waals surface area contributed by atoms with Crippen LogP contribution < -0.4 is 5.73 Å². The molecule has 1 saturated heterocycles. The van der Waals surface area contributed by atoms with Crippen molar-refractivity contribution < 1.29 is 36.6 Å². The second-order valence-electron chi connectivity index (χ2n) is 8.86. The fourth-order valence-electron chi connectivity index (χ4n) is 4.94. The number of ether oxygens (including phenoxy) is 2. The molecule has 36 heavy (non-hydrogen) atoms. The predicted octanol–water partition coefficient (Wildman–Crippen LogP) is 4.03. The molecule has 1 fully saturated rings. The Morgan fingerprint density at radius 3 is 2.47 bits per heavy atom. The molecule has 2 aliphatic heterocycles. The van der Waals surface area contributed by atoms with Crippen molar-refractivity contribution in [3.05, 3.63) is 70.0 Å². The third-order valence-electron chi connectivity index (χ3n) is 6.83. The van der Waals surface area contributed by atoms with Crippen LogP contribution in [0.1, 0.15) is 38.5 Å². The molecule has 0 spiro atoms. The molecule has 2 aromatic carbocycles. The number of carbonyl (C=O) groups excluding carboxylic acids is 2. The molecule has 2 aliphatic rings. The van der Waals surface area contributed by atoms with Gasteiger partial charge in [-0.15, -0.1) is 0 Å². The van der Waals surface area contributed by atoms with E-state index < -0.39 is 41.3 Å². The van der Waals surface area contributed by atoms with Gasteiger partial charge in [0.2, 0.25) is 0 Å². The largest absolute Gasteiger partial charge is 0.469 e. The second-order valence-corrected chi connectivity index (χ2v) is 8.86. The van der Waals surface area contributed by atoms with Gasteiger partial charge in [-0.3, -0.25) is 9.59 Å². The summed E-state index contributed by atoms with van der Waals surface area (Å²) in [4.78, 5) is 31.4. The van der Waals surface area contributed by atoms with E-state index in [4.69, 9.17) is 15.2 Å². The molecular weight excluding hydrogens is 482 g/mol. The Bertz CT molecular complexity index is 1370. The number of alkyl halides is 3. The minimum Gasteiger partial charge on any atom is -0.469 e. The molecule has 0 saturated carbocycles. The summed E-state index contributed by atoms with van der Waals surface area (Å²) in [7, 11) is 1.20. The van der Waals surface area contributed by atoms with E-state index in [2.05, 4.69) is 4.98 Å². The van der Waals surface area contributed by atoms with Crippen LogP contribution in [0.4, 0.5) is 23.4 Å². The molecule has 1 aromatic heterocycles. The molecule has 188 valence electrons. The molecule has 0 unspecified atom stereocenters. The predicted molar refractivity (Wildman–Crippen MR) is 120 cm³/mol. The quantitative estimate of drug-likeness (QED) is 0.429. The number of rotatable bonds is 3. The van der Waals surface area contributed by atoms with Crippen LogP contribution in [0.25, 0.3) is 10.9 Å². The lowest BCUT2D eigenvalue weighted by Gasteiger charge is -2.18. The van der Waals surface area contributed by atoms with Gasteiger partial charge in [-0.2, -0.15) is 13.2 Å². The molecule has 3 heterocycles. The zero-order valence-corrected chi connectivity index (χ0v) is 19.1. The number of hydrogen-bond acceptors (Lipinski definition) is 6. The van der Waals surface area contributed by atoms with Crippen LogP contribution in [-0.4, -0.2) is 42.0 Å². The number of nitrogen functional groups attached to an aromatic ring is 1. The molecular formula is C25H21F4N3O4. The molecule has 11 heteroatoms. The molecule has 0 radical (unpaired) electrons. The molecule has 0 aliphatic carbocycles. The number of nitrogens with two attached hydrogens (primary N) is 1. The number of fused-ring (bicyclic) bond motifs is 3. The number of carbonyl (C=O) groups is 2. The van der Waals surface area contributed by atoms with Gasteiger partial charge in [0.1, 0.15) is 11.6 Å². The number of likely N-dealkylation sites (tertiary alicyclic amines) is 1. The van der Waals surface area contributed by atoms with Gasteiger partial charge in [0.15, 0.2) is 0 Å². The van der Waals surface area contributed by atoms with Gasteiger partial charge in [0.05, 0.1) is 42.9 Å². The first-order valence-corrected chi connectivity index (χ1v) is 11.1. The number of pyridine rings is 1. The van der Waals surface area contributed by atoms with Gasteiger partial charge in [-0.05, 0) is 29.3 Å². The Kier molecular flexibility index (Phi) is 5.82. The van der Waals surface area contributed by atoms with E-state index in [0.29, 0.717) is 22.0 Å². The lowest BCUT2D eigenvalue weighted by Crippen LogP contribution is -2.30. The summed E-state index contributed by atoms with van der Waals surface area (Å²) in [5, 5.41) is 0.546. The summed E-state index contributed by atoms with van der Waals surface area (Å²) in [6.45, 7) is 0.451.